The smallest absolute Gasteiger partial charge is 0.366 e. The molecule has 0 radical (unpaired) electrons. The summed E-state index contributed by atoms with van der Waals surface area (Å²) in [6.45, 7) is 6.88. The molecule has 16 heteroatoms. The molecular weight excluding hydrogens is 676 g/mol. The number of methoxy groups -OCH3 is 2. The summed E-state index contributed by atoms with van der Waals surface area (Å²) in [5.74, 6) is -9.76. The Bertz CT molecular complexity index is 1660. The number of allylic oxidation sites excluding steroid dienone is 1. The molecule has 0 aromatic carbocycles. The van der Waals surface area contributed by atoms with E-state index in [0.29, 0.717) is 0 Å². The Labute approximate surface area is 293 Å². The van der Waals surface area contributed by atoms with Crippen LogP contribution < -0.4 is 0 Å². The topological polar surface area (TPSA) is 215 Å². The Hall–Kier alpha value is -3.12. The van der Waals surface area contributed by atoms with E-state index in [9.17, 15) is 34.5 Å². The Kier molecular flexibility index (Phi) is 7.20. The minimum atomic E-state index is -2.82. The van der Waals surface area contributed by atoms with Gasteiger partial charge < -0.3 is 58.0 Å². The van der Waals surface area contributed by atoms with E-state index in [1.807, 2.05) is 0 Å². The van der Waals surface area contributed by atoms with E-state index in [0.717, 1.165) is 14.2 Å². The van der Waals surface area contributed by atoms with Gasteiger partial charge in [-0.3, -0.25) is 9.59 Å². The zero-order valence-corrected chi connectivity index (χ0v) is 29.4. The third-order valence-electron chi connectivity index (χ3n) is 14.1. The molecule has 0 aromatic heterocycles. The molecule has 0 amide bonds. The van der Waals surface area contributed by atoms with E-state index < -0.39 is 130 Å². The zero-order valence-electron chi connectivity index (χ0n) is 29.4. The van der Waals surface area contributed by atoms with Gasteiger partial charge in [-0.15, -0.1) is 0 Å². The van der Waals surface area contributed by atoms with Gasteiger partial charge in [0.05, 0.1) is 52.0 Å². The number of fused-ring (bicyclic) bond motifs is 7. The highest BCUT2D eigenvalue weighted by molar-refractivity contribution is 5.88. The molecule has 16 nitrogen and oxygen atoms in total. The lowest BCUT2D eigenvalue weighted by atomic mass is 9.37. The monoisotopic (exact) mass is 720 g/mol. The van der Waals surface area contributed by atoms with Crippen molar-refractivity contribution < 1.29 is 77.1 Å². The fourth-order valence-electron chi connectivity index (χ4n) is 12.2. The summed E-state index contributed by atoms with van der Waals surface area (Å²) >= 11 is 0. The molecule has 8 aliphatic rings. The van der Waals surface area contributed by atoms with Crippen LogP contribution >= 0.6 is 0 Å². The van der Waals surface area contributed by atoms with Gasteiger partial charge in [-0.1, -0.05) is 13.0 Å². The molecule has 16 atom stereocenters. The summed E-state index contributed by atoms with van der Waals surface area (Å²) in [5.41, 5.74) is -9.47. The van der Waals surface area contributed by atoms with Crippen LogP contribution in [-0.2, 0) is 61.8 Å². The van der Waals surface area contributed by atoms with Crippen molar-refractivity contribution in [1.82, 2.24) is 0 Å². The van der Waals surface area contributed by atoms with Crippen molar-refractivity contribution in [3.63, 3.8) is 0 Å². The van der Waals surface area contributed by atoms with E-state index in [1.54, 1.807) is 33.8 Å². The number of hydrogen-bond acceptors (Lipinski definition) is 16. The first-order valence-corrected chi connectivity index (χ1v) is 17.2. The molecule has 3 N–H and O–H groups in total. The summed E-state index contributed by atoms with van der Waals surface area (Å²) < 4.78 is 54.0. The number of rotatable bonds is 6. The predicted molar refractivity (Wildman–Crippen MR) is 164 cm³/mol. The van der Waals surface area contributed by atoms with Crippen molar-refractivity contribution in [1.29, 1.82) is 0 Å². The van der Waals surface area contributed by atoms with Crippen LogP contribution in [0, 0.1) is 34.0 Å². The number of aliphatic hydroxyl groups excluding tert-OH is 1. The molecular formula is C35H44O16. The van der Waals surface area contributed by atoms with Crippen LogP contribution in [-0.4, -0.2) is 126 Å². The van der Waals surface area contributed by atoms with Gasteiger partial charge in [0.1, 0.15) is 28.8 Å². The van der Waals surface area contributed by atoms with Gasteiger partial charge in [-0.25, -0.2) is 9.59 Å². The summed E-state index contributed by atoms with van der Waals surface area (Å²) in [5, 5.41) is 37.4. The molecule has 2 bridgehead atoms. The van der Waals surface area contributed by atoms with Gasteiger partial charge in [-0.05, 0) is 33.3 Å². The fraction of sp³-hybridized carbons (Fsp3) is 0.771. The first kappa shape index (κ1) is 34.9. The van der Waals surface area contributed by atoms with Crippen LogP contribution in [0.4, 0.5) is 0 Å². The first-order valence-electron chi connectivity index (χ1n) is 17.2. The van der Waals surface area contributed by atoms with Gasteiger partial charge >= 0.3 is 23.9 Å². The number of aliphatic hydroxyl groups is 3. The normalized spacial score (nSPS) is 53.9. The molecule has 7 fully saturated rings. The number of hydrogen-bond donors (Lipinski definition) is 3. The minimum absolute atomic E-state index is 0.235. The molecule has 3 aliphatic carbocycles. The largest absolute Gasteiger partial charge is 0.469 e. The van der Waals surface area contributed by atoms with Crippen LogP contribution in [0.15, 0.2) is 24.0 Å². The summed E-state index contributed by atoms with van der Waals surface area (Å²) in [7, 11) is 2.23. The Morgan fingerprint density at radius 2 is 1.67 bits per heavy atom. The Balaban J connectivity index is 1.40. The lowest BCUT2D eigenvalue weighted by Gasteiger charge is -2.65. The molecule has 51 heavy (non-hydrogen) atoms. The lowest BCUT2D eigenvalue weighted by Crippen LogP contribution is -2.79. The number of ether oxygens (including phenoxy) is 9. The third-order valence-corrected chi connectivity index (χ3v) is 14.1. The SMILES string of the molecule is C/C=C(\C)C(=O)OC1CC(OC(C)=O)C2(C(=O)OC)COC3C2C12COC(O)(C(=O)OC)C2C(C)(C12OC1(C)C1CC2OC2OC=CC21O)C3O. The number of carbonyl (C=O) groups is 4. The van der Waals surface area contributed by atoms with E-state index in [4.69, 9.17) is 42.6 Å². The maximum Gasteiger partial charge on any atom is 0.366 e. The maximum atomic E-state index is 14.2. The fourth-order valence-corrected chi connectivity index (χ4v) is 12.2. The van der Waals surface area contributed by atoms with Crippen molar-refractivity contribution in [3.05, 3.63) is 24.0 Å². The van der Waals surface area contributed by atoms with Gasteiger partial charge in [0.25, 0.3) is 5.79 Å². The van der Waals surface area contributed by atoms with E-state index in [2.05, 4.69) is 0 Å². The Morgan fingerprint density at radius 3 is 2.31 bits per heavy atom. The van der Waals surface area contributed by atoms with Crippen molar-refractivity contribution in [2.45, 2.75) is 107 Å². The molecule has 280 valence electrons. The standard InChI is InChI=1S/C35H44O16/c1-8-15(2)24(38)49-18-12-19(48-16(3)36)32(26(39)43-6)13-46-21-22(32)31(18)14-47-34(42,27(40)44-7)25(31)29(4,23(21)37)35-20-11-17(30(35,5)51-35)33(41)9-10-45-28(33)50-20/h8-10,17-23,25,28,37,41-42H,11-14H2,1-7H3/b15-8+. The zero-order chi connectivity index (χ0) is 36.9. The second-order valence-electron chi connectivity index (χ2n) is 15.8. The van der Waals surface area contributed by atoms with Crippen molar-refractivity contribution in [2.24, 2.45) is 34.0 Å². The van der Waals surface area contributed by atoms with Gasteiger partial charge in [0, 0.05) is 47.5 Å². The van der Waals surface area contributed by atoms with Crippen LogP contribution in [0.1, 0.15) is 47.5 Å². The molecule has 8 rings (SSSR count). The summed E-state index contributed by atoms with van der Waals surface area (Å²) in [6, 6.07) is 0. The average Bonchev–Trinajstić information content (AvgIpc) is 3.47. The highest BCUT2D eigenvalue weighted by Gasteiger charge is 2.97. The average molecular weight is 721 g/mol. The number of esters is 4. The van der Waals surface area contributed by atoms with Crippen LogP contribution in [0.5, 0.6) is 0 Å². The van der Waals surface area contributed by atoms with Crippen LogP contribution in [0.25, 0.3) is 0 Å². The third kappa shape index (κ3) is 3.65. The molecule has 3 saturated carbocycles. The molecule has 5 aliphatic heterocycles. The lowest BCUT2D eigenvalue weighted by molar-refractivity contribution is -0.314. The molecule has 0 aromatic rings. The van der Waals surface area contributed by atoms with Crippen LogP contribution in [0.3, 0.4) is 0 Å². The number of carbonyl (C=O) groups excluding carboxylic acids is 4. The highest BCUT2D eigenvalue weighted by atomic mass is 16.7. The molecule has 1 spiro atoms. The molecule has 16 unspecified atom stereocenters. The minimum Gasteiger partial charge on any atom is -0.469 e. The van der Waals surface area contributed by atoms with Crippen molar-refractivity contribution in [3.8, 4) is 0 Å². The van der Waals surface area contributed by atoms with E-state index in [1.165, 1.54) is 19.3 Å². The summed E-state index contributed by atoms with van der Waals surface area (Å²) in [6.07, 6.45) is -3.11. The summed E-state index contributed by atoms with van der Waals surface area (Å²) in [4.78, 5) is 54.4. The quantitative estimate of drug-likeness (QED) is 0.140. The number of epoxide rings is 1. The van der Waals surface area contributed by atoms with Gasteiger partial charge in [0.2, 0.25) is 6.29 Å². The van der Waals surface area contributed by atoms with Crippen molar-refractivity contribution >= 4 is 23.9 Å². The first-order chi connectivity index (χ1) is 23.9. The van der Waals surface area contributed by atoms with Crippen LogP contribution in [0.2, 0.25) is 0 Å². The van der Waals surface area contributed by atoms with Gasteiger partial charge in [-0.2, -0.15) is 0 Å². The van der Waals surface area contributed by atoms with Crippen molar-refractivity contribution in [2.75, 3.05) is 27.4 Å². The second kappa shape index (κ2) is 10.5. The highest BCUT2D eigenvalue weighted by Crippen LogP contribution is 2.83. The molecule has 4 saturated heterocycles. The van der Waals surface area contributed by atoms with E-state index >= 15 is 0 Å². The Morgan fingerprint density at radius 1 is 0.961 bits per heavy atom. The van der Waals surface area contributed by atoms with Gasteiger partial charge in [0.15, 0.2) is 5.60 Å². The van der Waals surface area contributed by atoms with E-state index in [-0.39, 0.29) is 18.4 Å². The molecule has 5 heterocycles. The predicted octanol–water partition coefficient (Wildman–Crippen LogP) is -0.203. The second-order valence-corrected chi connectivity index (χ2v) is 15.8. The maximum absolute atomic E-state index is 14.2.